The van der Waals surface area contributed by atoms with Crippen LogP contribution in [0.15, 0.2) is 59.1 Å². The molecule has 1 fully saturated rings. The number of amides is 1. The Balaban J connectivity index is 1.49. The highest BCUT2D eigenvalue weighted by molar-refractivity contribution is 9.10. The number of rotatable bonds is 2. The van der Waals surface area contributed by atoms with Gasteiger partial charge in [0.05, 0.1) is 0 Å². The Bertz CT molecular complexity index is 923. The van der Waals surface area contributed by atoms with Crippen molar-refractivity contribution in [3.63, 3.8) is 0 Å². The van der Waals surface area contributed by atoms with Crippen LogP contribution in [0.2, 0.25) is 0 Å². The van der Waals surface area contributed by atoms with Crippen molar-refractivity contribution < 1.29 is 4.79 Å². The van der Waals surface area contributed by atoms with Gasteiger partial charge in [0.15, 0.2) is 0 Å². The standard InChI is InChI=1S/C21H21BrN2O/c1-23-19-8-3-2-5-16(19)14-20(23)15-9-11-24(12-10-15)21(25)17-6-4-7-18(22)13-17/h2-8,13-15H,9-12H2,1H3. The molecule has 3 nitrogen and oxygen atoms in total. The fourth-order valence-electron chi connectivity index (χ4n) is 3.88. The average Bonchev–Trinajstić information content (AvgIpc) is 2.98. The quantitative estimate of drug-likeness (QED) is 0.600. The maximum Gasteiger partial charge on any atom is 0.253 e. The Hall–Kier alpha value is -2.07. The number of piperidine rings is 1. The third kappa shape index (κ3) is 3.11. The fourth-order valence-corrected chi connectivity index (χ4v) is 4.28. The number of halogens is 1. The summed E-state index contributed by atoms with van der Waals surface area (Å²) in [7, 11) is 2.15. The van der Waals surface area contributed by atoms with Gasteiger partial charge >= 0.3 is 0 Å². The number of nitrogens with zero attached hydrogens (tertiary/aromatic N) is 2. The highest BCUT2D eigenvalue weighted by atomic mass is 79.9. The van der Waals surface area contributed by atoms with Crippen molar-refractivity contribution in [2.45, 2.75) is 18.8 Å². The number of aromatic nitrogens is 1. The number of aryl methyl sites for hydroxylation is 1. The lowest BCUT2D eigenvalue weighted by Gasteiger charge is -2.32. The number of para-hydroxylation sites is 1. The van der Waals surface area contributed by atoms with E-state index < -0.39 is 0 Å². The Labute approximate surface area is 156 Å². The summed E-state index contributed by atoms with van der Waals surface area (Å²) in [4.78, 5) is 14.7. The summed E-state index contributed by atoms with van der Waals surface area (Å²) in [6.07, 6.45) is 2.04. The largest absolute Gasteiger partial charge is 0.347 e. The van der Waals surface area contributed by atoms with Gasteiger partial charge in [0.25, 0.3) is 5.91 Å². The van der Waals surface area contributed by atoms with E-state index in [4.69, 9.17) is 0 Å². The summed E-state index contributed by atoms with van der Waals surface area (Å²) in [6.45, 7) is 1.63. The summed E-state index contributed by atoms with van der Waals surface area (Å²) < 4.78 is 3.26. The van der Waals surface area contributed by atoms with Gasteiger partial charge in [-0.25, -0.2) is 0 Å². The number of hydrogen-bond acceptors (Lipinski definition) is 1. The molecule has 0 radical (unpaired) electrons. The molecular formula is C21H21BrN2O. The molecule has 128 valence electrons. The minimum Gasteiger partial charge on any atom is -0.347 e. The predicted octanol–water partition coefficient (Wildman–Crippen LogP) is 4.96. The van der Waals surface area contributed by atoms with Crippen molar-refractivity contribution in [3.05, 3.63) is 70.3 Å². The highest BCUT2D eigenvalue weighted by Crippen LogP contribution is 2.32. The smallest absolute Gasteiger partial charge is 0.253 e. The van der Waals surface area contributed by atoms with Crippen LogP contribution in [0.3, 0.4) is 0 Å². The second-order valence-corrected chi connectivity index (χ2v) is 7.68. The molecule has 0 bridgehead atoms. The van der Waals surface area contributed by atoms with E-state index in [2.05, 4.69) is 57.9 Å². The molecule has 1 aliphatic rings. The summed E-state index contributed by atoms with van der Waals surface area (Å²) in [5.74, 6) is 0.653. The third-order valence-corrected chi connectivity index (χ3v) is 5.75. The molecule has 4 rings (SSSR count). The minimum absolute atomic E-state index is 0.136. The number of carbonyl (C=O) groups is 1. The lowest BCUT2D eigenvalue weighted by molar-refractivity contribution is 0.0711. The maximum atomic E-state index is 12.7. The summed E-state index contributed by atoms with van der Waals surface area (Å²) in [6, 6.07) is 18.5. The number of hydrogen-bond donors (Lipinski definition) is 0. The Morgan fingerprint density at radius 3 is 2.52 bits per heavy atom. The highest BCUT2D eigenvalue weighted by Gasteiger charge is 2.26. The molecule has 2 heterocycles. The van der Waals surface area contributed by atoms with Gasteiger partial charge in [0.2, 0.25) is 0 Å². The van der Waals surface area contributed by atoms with Gasteiger partial charge < -0.3 is 9.47 Å². The van der Waals surface area contributed by atoms with Crippen LogP contribution in [0.5, 0.6) is 0 Å². The molecule has 3 aromatic rings. The van der Waals surface area contributed by atoms with E-state index in [-0.39, 0.29) is 5.91 Å². The van der Waals surface area contributed by atoms with E-state index in [0.717, 1.165) is 36.0 Å². The van der Waals surface area contributed by atoms with E-state index in [1.807, 2.05) is 29.2 Å². The number of carbonyl (C=O) groups excluding carboxylic acids is 1. The van der Waals surface area contributed by atoms with Crippen molar-refractivity contribution in [2.75, 3.05) is 13.1 Å². The monoisotopic (exact) mass is 396 g/mol. The Morgan fingerprint density at radius 2 is 1.80 bits per heavy atom. The van der Waals surface area contributed by atoms with Crippen molar-refractivity contribution in [2.24, 2.45) is 7.05 Å². The summed E-state index contributed by atoms with van der Waals surface area (Å²) >= 11 is 3.45. The third-order valence-electron chi connectivity index (χ3n) is 5.26. The predicted molar refractivity (Wildman–Crippen MR) is 105 cm³/mol. The molecule has 25 heavy (non-hydrogen) atoms. The van der Waals surface area contributed by atoms with Crippen LogP contribution in [0.1, 0.15) is 34.8 Å². The topological polar surface area (TPSA) is 25.2 Å². The van der Waals surface area contributed by atoms with Crippen LogP contribution < -0.4 is 0 Å². The normalized spacial score (nSPS) is 15.7. The summed E-state index contributed by atoms with van der Waals surface area (Å²) in [5, 5.41) is 1.30. The molecule has 0 aliphatic carbocycles. The molecule has 0 saturated carbocycles. The van der Waals surface area contributed by atoms with Crippen LogP contribution >= 0.6 is 15.9 Å². The van der Waals surface area contributed by atoms with Gasteiger partial charge in [-0.2, -0.15) is 0 Å². The second-order valence-electron chi connectivity index (χ2n) is 6.76. The van der Waals surface area contributed by atoms with Crippen molar-refractivity contribution >= 4 is 32.7 Å². The number of fused-ring (bicyclic) bond motifs is 1. The second kappa shape index (κ2) is 6.68. The first-order valence-corrected chi connectivity index (χ1v) is 9.52. The van der Waals surface area contributed by atoms with Gasteiger partial charge in [0, 0.05) is 47.3 Å². The number of benzene rings is 2. The maximum absolute atomic E-state index is 12.7. The average molecular weight is 397 g/mol. The summed E-state index contributed by atoms with van der Waals surface area (Å²) in [5.41, 5.74) is 3.43. The van der Waals surface area contributed by atoms with E-state index >= 15 is 0 Å². The lowest BCUT2D eigenvalue weighted by atomic mass is 9.93. The molecule has 4 heteroatoms. The molecule has 1 amide bonds. The molecule has 2 aromatic carbocycles. The van der Waals surface area contributed by atoms with Crippen molar-refractivity contribution in [3.8, 4) is 0 Å². The zero-order valence-corrected chi connectivity index (χ0v) is 15.9. The number of likely N-dealkylation sites (tertiary alicyclic amines) is 1. The molecule has 1 saturated heterocycles. The zero-order chi connectivity index (χ0) is 17.4. The Morgan fingerprint density at radius 1 is 1.04 bits per heavy atom. The van der Waals surface area contributed by atoms with Crippen LogP contribution in [-0.4, -0.2) is 28.5 Å². The first-order valence-electron chi connectivity index (χ1n) is 8.72. The van der Waals surface area contributed by atoms with E-state index in [9.17, 15) is 4.79 Å². The van der Waals surface area contributed by atoms with Crippen molar-refractivity contribution in [1.29, 1.82) is 0 Å². The molecule has 1 aromatic heterocycles. The van der Waals surface area contributed by atoms with Gasteiger partial charge in [0.1, 0.15) is 0 Å². The SMILES string of the molecule is Cn1c(C2CCN(C(=O)c3cccc(Br)c3)CC2)cc2ccccc21. The van der Waals surface area contributed by atoms with Crippen LogP contribution in [0.4, 0.5) is 0 Å². The zero-order valence-electron chi connectivity index (χ0n) is 14.3. The molecule has 0 N–H and O–H groups in total. The Kier molecular flexibility index (Phi) is 4.38. The van der Waals surface area contributed by atoms with Gasteiger partial charge in [-0.1, -0.05) is 40.2 Å². The van der Waals surface area contributed by atoms with Crippen LogP contribution in [0.25, 0.3) is 10.9 Å². The van der Waals surface area contributed by atoms with E-state index in [1.54, 1.807) is 0 Å². The molecular weight excluding hydrogens is 376 g/mol. The molecule has 1 aliphatic heterocycles. The molecule has 0 unspecified atom stereocenters. The lowest BCUT2D eigenvalue weighted by Crippen LogP contribution is -2.38. The fraction of sp³-hybridized carbons (Fsp3) is 0.286. The first kappa shape index (κ1) is 16.4. The van der Waals surface area contributed by atoms with Crippen LogP contribution in [-0.2, 0) is 7.05 Å². The van der Waals surface area contributed by atoms with Crippen molar-refractivity contribution in [1.82, 2.24) is 9.47 Å². The minimum atomic E-state index is 0.136. The van der Waals surface area contributed by atoms with Crippen LogP contribution in [0, 0.1) is 0 Å². The van der Waals surface area contributed by atoms with Gasteiger partial charge in [-0.15, -0.1) is 0 Å². The van der Waals surface area contributed by atoms with Gasteiger partial charge in [-0.05, 0) is 48.6 Å². The first-order chi connectivity index (χ1) is 12.1. The van der Waals surface area contributed by atoms with E-state index in [0.29, 0.717) is 5.92 Å². The van der Waals surface area contributed by atoms with E-state index in [1.165, 1.54) is 16.6 Å². The molecule has 0 atom stereocenters. The van der Waals surface area contributed by atoms with Gasteiger partial charge in [-0.3, -0.25) is 4.79 Å². The molecule has 0 spiro atoms.